The molecule has 1 fully saturated rings. The second-order valence-electron chi connectivity index (χ2n) is 6.66. The van der Waals surface area contributed by atoms with Gasteiger partial charge in [0.2, 0.25) is 5.91 Å². The Labute approximate surface area is 171 Å². The molecule has 9 heteroatoms. The van der Waals surface area contributed by atoms with Crippen LogP contribution in [0.3, 0.4) is 0 Å². The lowest BCUT2D eigenvalue weighted by atomic mass is 10.1. The van der Waals surface area contributed by atoms with E-state index in [2.05, 4.69) is 5.32 Å². The molecule has 1 atom stereocenters. The molecule has 3 amide bonds. The molecule has 0 bridgehead atoms. The number of rotatable bonds is 8. The predicted molar refractivity (Wildman–Crippen MR) is 107 cm³/mol. The van der Waals surface area contributed by atoms with Crippen molar-refractivity contribution < 1.29 is 23.9 Å². The first-order valence-electron chi connectivity index (χ1n) is 9.09. The largest absolute Gasteiger partial charge is 0.455 e. The van der Waals surface area contributed by atoms with Gasteiger partial charge >= 0.3 is 5.97 Å². The molecule has 0 aliphatic carbocycles. The number of carbonyl (C=O) groups is 4. The summed E-state index contributed by atoms with van der Waals surface area (Å²) in [5.41, 5.74) is 6.54. The predicted octanol–water partition coefficient (Wildman–Crippen LogP) is 1.42. The summed E-state index contributed by atoms with van der Waals surface area (Å²) in [6.45, 7) is 0.313. The maximum Gasteiger partial charge on any atom is 0.311 e. The third-order valence-corrected chi connectivity index (χ3v) is 5.42. The van der Waals surface area contributed by atoms with Gasteiger partial charge in [0.25, 0.3) is 11.8 Å². The number of amides is 3. The molecule has 152 valence electrons. The first-order chi connectivity index (χ1) is 13.9. The maximum absolute atomic E-state index is 12.2. The van der Waals surface area contributed by atoms with Crippen LogP contribution in [-0.2, 0) is 25.5 Å². The number of hydrogen-bond acceptors (Lipinski definition) is 6. The van der Waals surface area contributed by atoms with Crippen molar-refractivity contribution in [2.45, 2.75) is 12.8 Å². The van der Waals surface area contributed by atoms with Crippen LogP contribution in [0.1, 0.15) is 22.3 Å². The van der Waals surface area contributed by atoms with Gasteiger partial charge in [-0.15, -0.1) is 11.3 Å². The van der Waals surface area contributed by atoms with Crippen molar-refractivity contribution in [3.63, 3.8) is 0 Å². The van der Waals surface area contributed by atoms with Crippen LogP contribution in [0.25, 0.3) is 0 Å². The van der Waals surface area contributed by atoms with Gasteiger partial charge in [0, 0.05) is 19.5 Å². The molecular formula is C20H21N3O5S. The van der Waals surface area contributed by atoms with Gasteiger partial charge in [0.05, 0.1) is 11.5 Å². The summed E-state index contributed by atoms with van der Waals surface area (Å²) in [7, 11) is 0. The van der Waals surface area contributed by atoms with Gasteiger partial charge in [0.15, 0.2) is 6.61 Å². The van der Waals surface area contributed by atoms with E-state index < -0.39 is 30.3 Å². The monoisotopic (exact) mass is 415 g/mol. The van der Waals surface area contributed by atoms with E-state index in [1.54, 1.807) is 10.3 Å². The van der Waals surface area contributed by atoms with Crippen molar-refractivity contribution in [1.29, 1.82) is 0 Å². The number of esters is 1. The maximum atomic E-state index is 12.2. The zero-order valence-electron chi connectivity index (χ0n) is 15.6. The second kappa shape index (κ2) is 9.33. The van der Waals surface area contributed by atoms with Gasteiger partial charge < -0.3 is 20.7 Å². The molecule has 1 aliphatic heterocycles. The molecule has 3 N–H and O–H groups in total. The summed E-state index contributed by atoms with van der Waals surface area (Å²) in [5.74, 6) is -2.50. The highest BCUT2D eigenvalue weighted by Gasteiger charge is 2.35. The van der Waals surface area contributed by atoms with Gasteiger partial charge in [-0.1, -0.05) is 30.3 Å². The minimum Gasteiger partial charge on any atom is -0.455 e. The molecule has 1 saturated heterocycles. The third-order valence-electron chi connectivity index (χ3n) is 4.59. The topological polar surface area (TPSA) is 119 Å². The van der Waals surface area contributed by atoms with E-state index in [9.17, 15) is 19.2 Å². The molecule has 2 aromatic rings. The average molecular weight is 415 g/mol. The minimum atomic E-state index is -0.654. The van der Waals surface area contributed by atoms with Gasteiger partial charge in [-0.05, 0) is 23.4 Å². The summed E-state index contributed by atoms with van der Waals surface area (Å²) < 4.78 is 5.05. The number of benzene rings is 1. The van der Waals surface area contributed by atoms with Crippen LogP contribution in [0.5, 0.6) is 0 Å². The summed E-state index contributed by atoms with van der Waals surface area (Å²) in [6.07, 6.45) is 0.783. The van der Waals surface area contributed by atoms with Crippen molar-refractivity contribution in [3.05, 3.63) is 52.9 Å². The van der Waals surface area contributed by atoms with Crippen LogP contribution in [0.2, 0.25) is 0 Å². The molecule has 1 unspecified atom stereocenters. The lowest BCUT2D eigenvalue weighted by Crippen LogP contribution is -2.29. The first kappa shape index (κ1) is 20.5. The van der Waals surface area contributed by atoms with E-state index in [1.165, 1.54) is 6.07 Å². The quantitative estimate of drug-likeness (QED) is 0.632. The van der Waals surface area contributed by atoms with Crippen LogP contribution in [0.4, 0.5) is 5.00 Å². The zero-order valence-corrected chi connectivity index (χ0v) is 16.4. The van der Waals surface area contributed by atoms with E-state index in [0.717, 1.165) is 16.9 Å². The first-order valence-corrected chi connectivity index (χ1v) is 9.97. The Kier molecular flexibility index (Phi) is 6.61. The zero-order chi connectivity index (χ0) is 20.8. The average Bonchev–Trinajstić information content (AvgIpc) is 3.32. The Morgan fingerprint density at radius 2 is 1.97 bits per heavy atom. The Morgan fingerprint density at radius 3 is 2.69 bits per heavy atom. The van der Waals surface area contributed by atoms with E-state index in [-0.39, 0.29) is 24.4 Å². The molecule has 0 saturated carbocycles. The van der Waals surface area contributed by atoms with E-state index >= 15 is 0 Å². The van der Waals surface area contributed by atoms with Crippen molar-refractivity contribution >= 4 is 40.0 Å². The van der Waals surface area contributed by atoms with Crippen LogP contribution >= 0.6 is 11.3 Å². The van der Waals surface area contributed by atoms with E-state index in [0.29, 0.717) is 18.0 Å². The molecule has 1 aromatic carbocycles. The molecule has 1 aliphatic rings. The number of anilines is 1. The summed E-state index contributed by atoms with van der Waals surface area (Å²) in [4.78, 5) is 49.3. The Hall–Kier alpha value is -3.20. The number of primary amides is 1. The highest BCUT2D eigenvalue weighted by molar-refractivity contribution is 7.14. The fourth-order valence-corrected chi connectivity index (χ4v) is 3.88. The number of nitrogens with zero attached hydrogens (tertiary/aromatic N) is 1. The Balaban J connectivity index is 1.44. The lowest BCUT2D eigenvalue weighted by Gasteiger charge is -2.16. The molecule has 0 radical (unpaired) electrons. The van der Waals surface area contributed by atoms with Crippen molar-refractivity contribution in [2.75, 3.05) is 25.0 Å². The Morgan fingerprint density at radius 1 is 1.21 bits per heavy atom. The minimum absolute atomic E-state index is 0.0754. The number of thiophene rings is 1. The molecule has 0 spiro atoms. The van der Waals surface area contributed by atoms with Gasteiger partial charge in [-0.25, -0.2) is 0 Å². The highest BCUT2D eigenvalue weighted by Crippen LogP contribution is 2.23. The smallest absolute Gasteiger partial charge is 0.311 e. The van der Waals surface area contributed by atoms with Crippen LogP contribution in [0.15, 0.2) is 41.8 Å². The van der Waals surface area contributed by atoms with Gasteiger partial charge in [-0.2, -0.15) is 0 Å². The summed E-state index contributed by atoms with van der Waals surface area (Å²) in [6, 6.07) is 11.3. The number of ether oxygens (including phenoxy) is 1. The molecule has 8 nitrogen and oxygen atoms in total. The summed E-state index contributed by atoms with van der Waals surface area (Å²) >= 11 is 1.15. The van der Waals surface area contributed by atoms with Crippen LogP contribution in [0, 0.1) is 5.92 Å². The molecule has 29 heavy (non-hydrogen) atoms. The highest BCUT2D eigenvalue weighted by atomic mass is 32.1. The number of carbonyl (C=O) groups excluding carboxylic acids is 4. The van der Waals surface area contributed by atoms with E-state index in [4.69, 9.17) is 10.5 Å². The van der Waals surface area contributed by atoms with Crippen LogP contribution in [-0.4, -0.2) is 48.3 Å². The normalized spacial score (nSPS) is 15.9. The second-order valence-corrected chi connectivity index (χ2v) is 7.58. The Bertz CT molecular complexity index is 912. The molecule has 2 heterocycles. The number of nitrogens with one attached hydrogen (secondary N) is 1. The van der Waals surface area contributed by atoms with Gasteiger partial charge in [-0.3, -0.25) is 19.2 Å². The van der Waals surface area contributed by atoms with Crippen LogP contribution < -0.4 is 11.1 Å². The van der Waals surface area contributed by atoms with E-state index in [1.807, 2.05) is 30.3 Å². The lowest BCUT2D eigenvalue weighted by molar-refractivity contribution is -0.151. The van der Waals surface area contributed by atoms with Gasteiger partial charge in [0.1, 0.15) is 5.00 Å². The fraction of sp³-hybridized carbons (Fsp3) is 0.300. The third kappa shape index (κ3) is 5.41. The SMILES string of the molecule is NC(=O)c1ccsc1NC(=O)COC(=O)C1CC(=O)N(CCc2ccccc2)C1. The fourth-order valence-electron chi connectivity index (χ4n) is 3.07. The number of hydrogen-bond donors (Lipinski definition) is 2. The van der Waals surface area contributed by atoms with Crippen molar-refractivity contribution in [2.24, 2.45) is 11.7 Å². The summed E-state index contributed by atoms with van der Waals surface area (Å²) in [5, 5.41) is 4.43. The molecule has 1 aromatic heterocycles. The number of nitrogens with two attached hydrogens (primary N) is 1. The number of likely N-dealkylation sites (tertiary alicyclic amines) is 1. The molecule has 3 rings (SSSR count). The molecular weight excluding hydrogens is 394 g/mol. The van der Waals surface area contributed by atoms with Crippen molar-refractivity contribution in [1.82, 2.24) is 4.90 Å². The van der Waals surface area contributed by atoms with Crippen molar-refractivity contribution in [3.8, 4) is 0 Å². The standard InChI is InChI=1S/C20H21N3O5S/c21-18(26)15-7-9-29-19(15)22-16(24)12-28-20(27)14-10-17(25)23(11-14)8-6-13-4-2-1-3-5-13/h1-5,7,9,14H,6,8,10-12H2,(H2,21,26)(H,22,24).